The molecule has 116 valence electrons. The lowest BCUT2D eigenvalue weighted by Crippen LogP contribution is -2.16. The summed E-state index contributed by atoms with van der Waals surface area (Å²) >= 11 is 1.36. The van der Waals surface area contributed by atoms with Crippen molar-refractivity contribution >= 4 is 21.2 Å². The minimum absolute atomic E-state index is 0.0124. The molecule has 1 heterocycles. The summed E-state index contributed by atoms with van der Waals surface area (Å²) in [6.07, 6.45) is -0.557. The van der Waals surface area contributed by atoms with Gasteiger partial charge in [0.1, 0.15) is 16.4 Å². The molecule has 0 bridgehead atoms. The number of sulfone groups is 1. The number of hydrogen-bond donors (Lipinski definition) is 1. The summed E-state index contributed by atoms with van der Waals surface area (Å²) in [5, 5.41) is 2.50. The summed E-state index contributed by atoms with van der Waals surface area (Å²) in [6, 6.07) is -0.434. The van der Waals surface area contributed by atoms with Crippen LogP contribution in [0.25, 0.3) is 0 Å². The first-order chi connectivity index (χ1) is 9.28. The minimum Gasteiger partial charge on any atom is -0.375 e. The third-order valence-electron chi connectivity index (χ3n) is 2.45. The van der Waals surface area contributed by atoms with Crippen molar-refractivity contribution in [3.63, 3.8) is 0 Å². The number of hydrogen-bond acceptors (Lipinski definition) is 6. The molecule has 1 aromatic rings. The second-order valence-corrected chi connectivity index (χ2v) is 7.61. The van der Waals surface area contributed by atoms with Crippen molar-refractivity contribution in [2.24, 2.45) is 5.73 Å². The second kappa shape index (κ2) is 7.96. The van der Waals surface area contributed by atoms with E-state index in [1.807, 2.05) is 0 Å². The topological polar surface area (TPSA) is 82.3 Å². The van der Waals surface area contributed by atoms with E-state index in [1.54, 1.807) is 5.38 Å². The van der Waals surface area contributed by atoms with Crippen LogP contribution in [-0.2, 0) is 21.0 Å². The van der Waals surface area contributed by atoms with Crippen molar-refractivity contribution in [2.45, 2.75) is 25.3 Å². The number of aromatic nitrogens is 1. The van der Waals surface area contributed by atoms with E-state index >= 15 is 0 Å². The van der Waals surface area contributed by atoms with Crippen molar-refractivity contribution in [1.29, 1.82) is 0 Å². The van der Waals surface area contributed by atoms with Gasteiger partial charge in [-0.2, -0.15) is 0 Å². The number of nitrogens with zero attached hydrogens (tertiary/aromatic N) is 1. The van der Waals surface area contributed by atoms with Crippen LogP contribution in [0.2, 0.25) is 0 Å². The highest BCUT2D eigenvalue weighted by molar-refractivity contribution is 7.90. The molecule has 0 spiro atoms. The molecule has 0 aliphatic carbocycles. The second-order valence-electron chi connectivity index (χ2n) is 4.41. The Balaban J connectivity index is 2.38. The lowest BCUT2D eigenvalue weighted by Gasteiger charge is -2.07. The van der Waals surface area contributed by atoms with Crippen LogP contribution in [0.1, 0.15) is 23.2 Å². The third-order valence-corrected chi connectivity index (χ3v) is 4.36. The van der Waals surface area contributed by atoms with Gasteiger partial charge in [0, 0.05) is 24.1 Å². The van der Waals surface area contributed by atoms with Crippen molar-refractivity contribution in [1.82, 2.24) is 4.98 Å². The first-order valence-corrected chi connectivity index (χ1v) is 8.95. The zero-order valence-electron chi connectivity index (χ0n) is 11.1. The van der Waals surface area contributed by atoms with Gasteiger partial charge in [-0.3, -0.25) is 0 Å². The highest BCUT2D eigenvalue weighted by atomic mass is 32.2. The third kappa shape index (κ3) is 7.22. The summed E-state index contributed by atoms with van der Waals surface area (Å²) < 4.78 is 50.6. The molecule has 20 heavy (non-hydrogen) atoms. The molecule has 5 nitrogen and oxygen atoms in total. The number of alkyl halides is 2. The van der Waals surface area contributed by atoms with Crippen LogP contribution in [0.4, 0.5) is 8.78 Å². The predicted octanol–water partition coefficient (Wildman–Crippen LogP) is 1.40. The van der Waals surface area contributed by atoms with E-state index in [4.69, 9.17) is 10.5 Å². The molecule has 1 atom stereocenters. The Hall–Kier alpha value is -0.640. The lowest BCUT2D eigenvalue weighted by molar-refractivity contribution is 0.0187. The highest BCUT2D eigenvalue weighted by Crippen LogP contribution is 2.18. The fourth-order valence-electron chi connectivity index (χ4n) is 1.43. The van der Waals surface area contributed by atoms with Gasteiger partial charge in [0.2, 0.25) is 0 Å². The van der Waals surface area contributed by atoms with Crippen LogP contribution >= 0.6 is 11.3 Å². The highest BCUT2D eigenvalue weighted by Gasteiger charge is 2.13. The summed E-state index contributed by atoms with van der Waals surface area (Å²) in [5.74, 6) is 0.0124. The first-order valence-electron chi connectivity index (χ1n) is 6.01. The molecular weight excluding hydrogens is 310 g/mol. The van der Waals surface area contributed by atoms with Crippen LogP contribution in [0.3, 0.4) is 0 Å². The molecule has 0 aromatic carbocycles. The quantitative estimate of drug-likeness (QED) is 0.693. The largest absolute Gasteiger partial charge is 0.375 e. The molecule has 0 amide bonds. The normalized spacial score (nSPS) is 13.8. The van der Waals surface area contributed by atoms with E-state index in [1.165, 1.54) is 11.3 Å². The smallest absolute Gasteiger partial charge is 0.261 e. The SMILES string of the molecule is CS(=O)(=O)CCC(N)c1csc(CCOCC(F)F)n1. The van der Waals surface area contributed by atoms with Gasteiger partial charge < -0.3 is 10.5 Å². The van der Waals surface area contributed by atoms with Crippen LogP contribution in [0, 0.1) is 0 Å². The van der Waals surface area contributed by atoms with Gasteiger partial charge in [-0.15, -0.1) is 11.3 Å². The Morgan fingerprint density at radius 3 is 2.80 bits per heavy atom. The molecule has 0 radical (unpaired) electrons. The van der Waals surface area contributed by atoms with Crippen LogP contribution in [0.15, 0.2) is 5.38 Å². The Labute approximate surface area is 121 Å². The number of rotatable bonds is 9. The summed E-state index contributed by atoms with van der Waals surface area (Å²) in [4.78, 5) is 4.26. The Morgan fingerprint density at radius 1 is 1.50 bits per heavy atom. The monoisotopic (exact) mass is 328 g/mol. The van der Waals surface area contributed by atoms with E-state index in [9.17, 15) is 17.2 Å². The lowest BCUT2D eigenvalue weighted by atomic mass is 10.2. The van der Waals surface area contributed by atoms with E-state index < -0.39 is 28.9 Å². The van der Waals surface area contributed by atoms with Gasteiger partial charge in [0.15, 0.2) is 0 Å². The van der Waals surface area contributed by atoms with Gasteiger partial charge in [0.05, 0.1) is 23.1 Å². The van der Waals surface area contributed by atoms with E-state index in [0.717, 1.165) is 11.3 Å². The van der Waals surface area contributed by atoms with Gasteiger partial charge in [-0.1, -0.05) is 0 Å². The Bertz CT molecular complexity index is 506. The summed E-state index contributed by atoms with van der Waals surface area (Å²) in [6.45, 7) is -0.401. The van der Waals surface area contributed by atoms with Crippen LogP contribution in [0.5, 0.6) is 0 Å². The zero-order chi connectivity index (χ0) is 15.2. The molecule has 0 aliphatic rings. The maximum atomic E-state index is 11.8. The standard InChI is InChI=1S/C11H18F2N2O3S2/c1-20(16,17)5-3-8(14)9-7-19-11(15-9)2-4-18-6-10(12)13/h7-8,10H,2-6,14H2,1H3. The van der Waals surface area contributed by atoms with Crippen LogP contribution < -0.4 is 5.73 Å². The van der Waals surface area contributed by atoms with Gasteiger partial charge in [-0.25, -0.2) is 22.2 Å². The van der Waals surface area contributed by atoms with Crippen molar-refractivity contribution in [3.05, 3.63) is 16.1 Å². The number of halogens is 2. The summed E-state index contributed by atoms with van der Waals surface area (Å²) in [7, 11) is -3.04. The van der Waals surface area contributed by atoms with Crippen LogP contribution in [-0.4, -0.2) is 45.0 Å². The fourth-order valence-corrected chi connectivity index (χ4v) is 2.96. The molecule has 1 unspecified atom stereocenters. The fraction of sp³-hybridized carbons (Fsp3) is 0.727. The Kier molecular flexibility index (Phi) is 6.93. The molecule has 0 saturated heterocycles. The van der Waals surface area contributed by atoms with Crippen molar-refractivity contribution in [2.75, 3.05) is 25.2 Å². The molecular formula is C11H18F2N2O3S2. The van der Waals surface area contributed by atoms with Gasteiger partial charge >= 0.3 is 0 Å². The van der Waals surface area contributed by atoms with Gasteiger partial charge in [0.25, 0.3) is 6.43 Å². The van der Waals surface area contributed by atoms with E-state index in [-0.39, 0.29) is 12.4 Å². The average molecular weight is 328 g/mol. The molecule has 9 heteroatoms. The molecule has 0 aliphatic heterocycles. The zero-order valence-corrected chi connectivity index (χ0v) is 12.7. The predicted molar refractivity (Wildman–Crippen MR) is 73.9 cm³/mol. The molecule has 0 saturated carbocycles. The number of ether oxygens (including phenoxy) is 1. The first kappa shape index (κ1) is 17.4. The minimum atomic E-state index is -3.04. The van der Waals surface area contributed by atoms with Crippen molar-refractivity contribution < 1.29 is 21.9 Å². The van der Waals surface area contributed by atoms with E-state index in [2.05, 4.69) is 4.98 Å². The number of nitrogens with two attached hydrogens (primary N) is 1. The molecule has 0 fully saturated rings. The maximum Gasteiger partial charge on any atom is 0.261 e. The average Bonchev–Trinajstić information content (AvgIpc) is 2.79. The Morgan fingerprint density at radius 2 is 2.20 bits per heavy atom. The summed E-state index contributed by atoms with van der Waals surface area (Å²) in [5.41, 5.74) is 6.49. The van der Waals surface area contributed by atoms with Crippen molar-refractivity contribution in [3.8, 4) is 0 Å². The molecule has 1 aromatic heterocycles. The van der Waals surface area contributed by atoms with Gasteiger partial charge in [-0.05, 0) is 6.42 Å². The number of thiazole rings is 1. The maximum absolute atomic E-state index is 11.8. The molecule has 2 N–H and O–H groups in total. The molecule has 1 rings (SSSR count). The van der Waals surface area contributed by atoms with E-state index in [0.29, 0.717) is 18.5 Å².